The molecule has 0 spiro atoms. The summed E-state index contributed by atoms with van der Waals surface area (Å²) in [5, 5.41) is 0. The number of hydrogen-bond acceptors (Lipinski definition) is 2. The standard InChI is InChI=1S/C15H26N2/c1-12(2)14-6-8-15(9-7-14)13(3)17(4)11-5-10-16/h6-9,12-13H,5,10-11,16H2,1-4H3. The minimum absolute atomic E-state index is 0.461. The first kappa shape index (κ1) is 14.2. The molecule has 0 fully saturated rings. The van der Waals surface area contributed by atoms with Crippen LogP contribution in [-0.2, 0) is 0 Å². The molecule has 2 nitrogen and oxygen atoms in total. The highest BCUT2D eigenvalue weighted by Gasteiger charge is 2.11. The number of nitrogens with zero attached hydrogens (tertiary/aromatic N) is 1. The highest BCUT2D eigenvalue weighted by atomic mass is 15.1. The number of hydrogen-bond donors (Lipinski definition) is 1. The van der Waals surface area contributed by atoms with Crippen molar-refractivity contribution >= 4 is 0 Å². The molecular formula is C15H26N2. The number of nitrogens with two attached hydrogens (primary N) is 1. The van der Waals surface area contributed by atoms with Gasteiger partial charge in [-0.2, -0.15) is 0 Å². The first-order chi connectivity index (χ1) is 8.06. The maximum atomic E-state index is 5.54. The van der Waals surface area contributed by atoms with Crippen molar-refractivity contribution in [2.75, 3.05) is 20.1 Å². The Morgan fingerprint density at radius 3 is 2.06 bits per heavy atom. The molecule has 0 aliphatic carbocycles. The predicted molar refractivity (Wildman–Crippen MR) is 75.2 cm³/mol. The lowest BCUT2D eigenvalue weighted by Gasteiger charge is -2.25. The Balaban J connectivity index is 2.65. The molecule has 0 bridgehead atoms. The zero-order chi connectivity index (χ0) is 12.8. The molecule has 0 radical (unpaired) electrons. The maximum absolute atomic E-state index is 5.54. The quantitative estimate of drug-likeness (QED) is 0.819. The fourth-order valence-electron chi connectivity index (χ4n) is 1.95. The fourth-order valence-corrected chi connectivity index (χ4v) is 1.95. The minimum atomic E-state index is 0.461. The molecule has 1 rings (SSSR count). The zero-order valence-electron chi connectivity index (χ0n) is 11.6. The molecule has 0 saturated carbocycles. The van der Waals surface area contributed by atoms with Crippen molar-refractivity contribution in [2.24, 2.45) is 5.73 Å². The van der Waals surface area contributed by atoms with Crippen LogP contribution < -0.4 is 5.73 Å². The fraction of sp³-hybridized carbons (Fsp3) is 0.600. The van der Waals surface area contributed by atoms with E-state index in [-0.39, 0.29) is 0 Å². The van der Waals surface area contributed by atoms with Gasteiger partial charge < -0.3 is 5.73 Å². The molecule has 17 heavy (non-hydrogen) atoms. The first-order valence-corrected chi connectivity index (χ1v) is 6.56. The molecule has 1 aromatic rings. The monoisotopic (exact) mass is 234 g/mol. The summed E-state index contributed by atoms with van der Waals surface area (Å²) in [5.41, 5.74) is 8.33. The van der Waals surface area contributed by atoms with E-state index in [4.69, 9.17) is 5.73 Å². The molecule has 96 valence electrons. The molecule has 0 saturated heterocycles. The Kier molecular flexibility index (Phi) is 5.66. The summed E-state index contributed by atoms with van der Waals surface area (Å²) in [4.78, 5) is 2.36. The van der Waals surface area contributed by atoms with Crippen LogP contribution in [0.5, 0.6) is 0 Å². The van der Waals surface area contributed by atoms with Crippen molar-refractivity contribution in [1.29, 1.82) is 0 Å². The molecule has 2 heteroatoms. The van der Waals surface area contributed by atoms with Crippen LogP contribution in [0.3, 0.4) is 0 Å². The summed E-state index contributed by atoms with van der Waals surface area (Å²) in [5.74, 6) is 0.606. The minimum Gasteiger partial charge on any atom is -0.330 e. The Hall–Kier alpha value is -0.860. The van der Waals surface area contributed by atoms with Gasteiger partial charge in [0.1, 0.15) is 0 Å². The van der Waals surface area contributed by atoms with E-state index in [1.54, 1.807) is 0 Å². The smallest absolute Gasteiger partial charge is 0.0316 e. The average molecular weight is 234 g/mol. The van der Waals surface area contributed by atoms with Crippen LogP contribution in [0, 0.1) is 0 Å². The van der Waals surface area contributed by atoms with Crippen molar-refractivity contribution in [3.63, 3.8) is 0 Å². The van der Waals surface area contributed by atoms with Crippen molar-refractivity contribution < 1.29 is 0 Å². The molecule has 0 aromatic heterocycles. The van der Waals surface area contributed by atoms with E-state index in [0.717, 1.165) is 19.5 Å². The van der Waals surface area contributed by atoms with Crippen LogP contribution in [0.15, 0.2) is 24.3 Å². The topological polar surface area (TPSA) is 29.3 Å². The van der Waals surface area contributed by atoms with Gasteiger partial charge in [0.05, 0.1) is 0 Å². The molecule has 1 atom stereocenters. The van der Waals surface area contributed by atoms with Crippen molar-refractivity contribution in [1.82, 2.24) is 4.90 Å². The second-order valence-electron chi connectivity index (χ2n) is 5.12. The second-order valence-corrected chi connectivity index (χ2v) is 5.12. The molecule has 0 amide bonds. The van der Waals surface area contributed by atoms with Gasteiger partial charge in [-0.25, -0.2) is 0 Å². The van der Waals surface area contributed by atoms with E-state index in [9.17, 15) is 0 Å². The molecule has 0 heterocycles. The van der Waals surface area contributed by atoms with E-state index in [0.29, 0.717) is 12.0 Å². The molecule has 2 N–H and O–H groups in total. The van der Waals surface area contributed by atoms with Crippen molar-refractivity contribution in [3.8, 4) is 0 Å². The Labute approximate surface area is 106 Å². The number of benzene rings is 1. The predicted octanol–water partition coefficient (Wildman–Crippen LogP) is 3.15. The van der Waals surface area contributed by atoms with Crippen LogP contribution >= 0.6 is 0 Å². The van der Waals surface area contributed by atoms with Crippen LogP contribution in [0.1, 0.15) is 50.3 Å². The molecule has 1 aromatic carbocycles. The van der Waals surface area contributed by atoms with Crippen molar-refractivity contribution in [2.45, 2.75) is 39.2 Å². The van der Waals surface area contributed by atoms with E-state index >= 15 is 0 Å². The van der Waals surface area contributed by atoms with Crippen LogP contribution in [0.2, 0.25) is 0 Å². The Morgan fingerprint density at radius 2 is 1.59 bits per heavy atom. The van der Waals surface area contributed by atoms with E-state index < -0.39 is 0 Å². The van der Waals surface area contributed by atoms with Gasteiger partial charge >= 0.3 is 0 Å². The summed E-state index contributed by atoms with van der Waals surface area (Å²) in [6, 6.07) is 9.45. The largest absolute Gasteiger partial charge is 0.330 e. The highest BCUT2D eigenvalue weighted by molar-refractivity contribution is 5.26. The summed E-state index contributed by atoms with van der Waals surface area (Å²) >= 11 is 0. The average Bonchev–Trinajstić information content (AvgIpc) is 2.35. The summed E-state index contributed by atoms with van der Waals surface area (Å²) in [6.45, 7) is 8.53. The zero-order valence-corrected chi connectivity index (χ0v) is 11.6. The van der Waals surface area contributed by atoms with E-state index in [2.05, 4.69) is 57.0 Å². The van der Waals surface area contributed by atoms with Gasteiger partial charge in [0.25, 0.3) is 0 Å². The lowest BCUT2D eigenvalue weighted by molar-refractivity contribution is 0.260. The van der Waals surface area contributed by atoms with Gasteiger partial charge in [0.15, 0.2) is 0 Å². The molecule has 0 aliphatic heterocycles. The molecule has 1 unspecified atom stereocenters. The SMILES string of the molecule is CC(C)c1ccc(C(C)N(C)CCCN)cc1. The van der Waals surface area contributed by atoms with Gasteiger partial charge in [0, 0.05) is 6.04 Å². The number of rotatable bonds is 6. The lowest BCUT2D eigenvalue weighted by Crippen LogP contribution is -2.25. The van der Waals surface area contributed by atoms with Crippen LogP contribution in [0.4, 0.5) is 0 Å². The lowest BCUT2D eigenvalue weighted by atomic mass is 9.99. The second kappa shape index (κ2) is 6.77. The summed E-state index contributed by atoms with van der Waals surface area (Å²) < 4.78 is 0. The van der Waals surface area contributed by atoms with E-state index in [1.165, 1.54) is 11.1 Å². The molecule has 0 aliphatic rings. The third kappa shape index (κ3) is 4.14. The van der Waals surface area contributed by atoms with Gasteiger partial charge in [-0.15, -0.1) is 0 Å². The van der Waals surface area contributed by atoms with Crippen molar-refractivity contribution in [3.05, 3.63) is 35.4 Å². The third-order valence-corrected chi connectivity index (χ3v) is 3.46. The normalized spacial score (nSPS) is 13.4. The third-order valence-electron chi connectivity index (χ3n) is 3.46. The van der Waals surface area contributed by atoms with Crippen LogP contribution in [-0.4, -0.2) is 25.0 Å². The Morgan fingerprint density at radius 1 is 1.06 bits per heavy atom. The maximum Gasteiger partial charge on any atom is 0.0316 e. The van der Waals surface area contributed by atoms with Gasteiger partial charge in [-0.1, -0.05) is 38.1 Å². The molecular weight excluding hydrogens is 208 g/mol. The van der Waals surface area contributed by atoms with Crippen LogP contribution in [0.25, 0.3) is 0 Å². The van der Waals surface area contributed by atoms with E-state index in [1.807, 2.05) is 0 Å². The van der Waals surface area contributed by atoms with Gasteiger partial charge in [-0.05, 0) is 50.5 Å². The van der Waals surface area contributed by atoms with Gasteiger partial charge in [0.2, 0.25) is 0 Å². The Bertz CT molecular complexity index is 316. The highest BCUT2D eigenvalue weighted by Crippen LogP contribution is 2.21. The summed E-state index contributed by atoms with van der Waals surface area (Å²) in [6.07, 6.45) is 1.06. The van der Waals surface area contributed by atoms with Gasteiger partial charge in [-0.3, -0.25) is 4.90 Å². The first-order valence-electron chi connectivity index (χ1n) is 6.56. The summed E-state index contributed by atoms with van der Waals surface area (Å²) in [7, 11) is 2.16.